The fourth-order valence-corrected chi connectivity index (χ4v) is 6.43. The van der Waals surface area contributed by atoms with E-state index < -0.39 is 11.0 Å². The third-order valence-electron chi connectivity index (χ3n) is 7.08. The van der Waals surface area contributed by atoms with E-state index in [0.29, 0.717) is 24.6 Å². The minimum absolute atomic E-state index is 0.0740. The van der Waals surface area contributed by atoms with Gasteiger partial charge in [-0.15, -0.1) is 0 Å². The molecular weight excluding hydrogens is 330 g/mol. The number of benzene rings is 1. The summed E-state index contributed by atoms with van der Waals surface area (Å²) in [5.74, 6) is 1.04. The number of hydrogen-bond donors (Lipinski definition) is 3. The average Bonchev–Trinajstić information content (AvgIpc) is 2.58. The summed E-state index contributed by atoms with van der Waals surface area (Å²) in [7, 11) is 1.51. The van der Waals surface area contributed by atoms with Crippen molar-refractivity contribution in [3.05, 3.63) is 23.8 Å². The molecule has 4 atom stereocenters. The van der Waals surface area contributed by atoms with Crippen molar-refractivity contribution in [2.24, 2.45) is 16.7 Å². The fraction of sp³-hybridized carbons (Fsp3) is 0.667. The van der Waals surface area contributed by atoms with Gasteiger partial charge in [-0.25, -0.2) is 0 Å². The normalized spacial score (nSPS) is 37.6. The molecule has 4 aliphatic rings. The first kappa shape index (κ1) is 17.7. The molecule has 142 valence electrons. The van der Waals surface area contributed by atoms with E-state index in [4.69, 9.17) is 4.74 Å². The predicted molar refractivity (Wildman–Crippen MR) is 97.8 cm³/mol. The lowest BCUT2D eigenvalue weighted by Crippen LogP contribution is -2.63. The molecule has 4 aliphatic carbocycles. The quantitative estimate of drug-likeness (QED) is 0.755. The van der Waals surface area contributed by atoms with Crippen LogP contribution in [0.1, 0.15) is 57.4 Å². The molecule has 5 nitrogen and oxygen atoms in total. The molecule has 0 spiro atoms. The molecule has 0 radical (unpaired) electrons. The van der Waals surface area contributed by atoms with E-state index in [2.05, 4.69) is 12.2 Å². The van der Waals surface area contributed by atoms with E-state index in [0.717, 1.165) is 44.1 Å². The summed E-state index contributed by atoms with van der Waals surface area (Å²) in [4.78, 5) is 13.2. The number of ether oxygens (including phenoxy) is 1. The molecule has 4 fully saturated rings. The Kier molecular flexibility index (Phi) is 3.99. The maximum Gasteiger partial charge on any atom is 0.226 e. The second kappa shape index (κ2) is 5.88. The van der Waals surface area contributed by atoms with Crippen LogP contribution in [0.2, 0.25) is 0 Å². The number of carbonyl (C=O) groups excluding carboxylic acids is 1. The number of aromatic hydroxyl groups is 1. The SMILES string of the molecule is CC[C@@]12C[C@H]3C[C@@](O)(C1)C[C@](C(=O)NCc1ccc(O)c(OC)c1)(C3)C2. The van der Waals surface area contributed by atoms with Crippen LogP contribution in [0.25, 0.3) is 0 Å². The van der Waals surface area contributed by atoms with Gasteiger partial charge in [-0.1, -0.05) is 19.4 Å². The maximum absolute atomic E-state index is 13.2. The largest absolute Gasteiger partial charge is 0.504 e. The zero-order valence-electron chi connectivity index (χ0n) is 15.7. The van der Waals surface area contributed by atoms with E-state index in [1.54, 1.807) is 18.2 Å². The van der Waals surface area contributed by atoms with Crippen molar-refractivity contribution in [3.63, 3.8) is 0 Å². The Bertz CT molecular complexity index is 735. The highest BCUT2D eigenvalue weighted by atomic mass is 16.5. The molecule has 3 N–H and O–H groups in total. The highest BCUT2D eigenvalue weighted by molar-refractivity contribution is 5.83. The smallest absolute Gasteiger partial charge is 0.226 e. The van der Waals surface area contributed by atoms with Crippen molar-refractivity contribution < 1.29 is 19.7 Å². The first-order chi connectivity index (χ1) is 12.3. The molecule has 5 rings (SSSR count). The van der Waals surface area contributed by atoms with Gasteiger partial charge in [-0.05, 0) is 67.6 Å². The number of carbonyl (C=O) groups is 1. The molecule has 0 unspecified atom stereocenters. The molecule has 0 aliphatic heterocycles. The lowest BCUT2D eigenvalue weighted by atomic mass is 9.42. The van der Waals surface area contributed by atoms with Gasteiger partial charge in [0.2, 0.25) is 5.91 Å². The highest BCUT2D eigenvalue weighted by Gasteiger charge is 2.64. The number of amides is 1. The second-order valence-electron chi connectivity index (χ2n) is 9.06. The van der Waals surface area contributed by atoms with Crippen LogP contribution in [0.4, 0.5) is 0 Å². The lowest BCUT2D eigenvalue weighted by molar-refractivity contribution is -0.204. The van der Waals surface area contributed by atoms with E-state index in [-0.39, 0.29) is 17.1 Å². The summed E-state index contributed by atoms with van der Waals surface area (Å²) >= 11 is 0. The minimum Gasteiger partial charge on any atom is -0.504 e. The Hall–Kier alpha value is -1.75. The van der Waals surface area contributed by atoms with Crippen molar-refractivity contribution in [3.8, 4) is 11.5 Å². The zero-order chi connectivity index (χ0) is 18.6. The van der Waals surface area contributed by atoms with E-state index in [9.17, 15) is 15.0 Å². The number of methoxy groups -OCH3 is 1. The predicted octanol–water partition coefficient (Wildman–Crippen LogP) is 3.13. The molecule has 4 bridgehead atoms. The van der Waals surface area contributed by atoms with Gasteiger partial charge in [0.05, 0.1) is 18.1 Å². The molecule has 1 aromatic rings. The van der Waals surface area contributed by atoms with Crippen LogP contribution in [0.5, 0.6) is 11.5 Å². The Morgan fingerprint density at radius 2 is 2.08 bits per heavy atom. The van der Waals surface area contributed by atoms with Crippen molar-refractivity contribution >= 4 is 5.91 Å². The van der Waals surface area contributed by atoms with Crippen LogP contribution in [0.3, 0.4) is 0 Å². The zero-order valence-corrected chi connectivity index (χ0v) is 15.7. The minimum atomic E-state index is -0.658. The summed E-state index contributed by atoms with van der Waals surface area (Å²) in [6.07, 6.45) is 6.33. The van der Waals surface area contributed by atoms with Gasteiger partial charge in [-0.2, -0.15) is 0 Å². The van der Waals surface area contributed by atoms with Gasteiger partial charge < -0.3 is 20.3 Å². The van der Waals surface area contributed by atoms with Crippen molar-refractivity contribution in [1.82, 2.24) is 5.32 Å². The van der Waals surface area contributed by atoms with Crippen molar-refractivity contribution in [1.29, 1.82) is 0 Å². The van der Waals surface area contributed by atoms with Crippen molar-refractivity contribution in [2.45, 2.75) is 64.0 Å². The van der Waals surface area contributed by atoms with Gasteiger partial charge in [-0.3, -0.25) is 4.79 Å². The second-order valence-corrected chi connectivity index (χ2v) is 9.06. The number of hydrogen-bond acceptors (Lipinski definition) is 4. The van der Waals surface area contributed by atoms with Gasteiger partial charge in [0.25, 0.3) is 0 Å². The van der Waals surface area contributed by atoms with Crippen molar-refractivity contribution in [2.75, 3.05) is 7.11 Å². The van der Waals surface area contributed by atoms with Crippen LogP contribution < -0.4 is 10.1 Å². The first-order valence-corrected chi connectivity index (χ1v) is 9.68. The number of phenolic OH excluding ortho intramolecular Hbond substituents is 1. The van der Waals surface area contributed by atoms with Crippen LogP contribution in [0, 0.1) is 16.7 Å². The van der Waals surface area contributed by atoms with Crippen LogP contribution in [0.15, 0.2) is 18.2 Å². The Balaban J connectivity index is 1.51. The van der Waals surface area contributed by atoms with E-state index in [1.807, 2.05) is 0 Å². The molecule has 4 saturated carbocycles. The molecule has 1 amide bonds. The molecule has 26 heavy (non-hydrogen) atoms. The third-order valence-corrected chi connectivity index (χ3v) is 7.08. The van der Waals surface area contributed by atoms with E-state index in [1.165, 1.54) is 7.11 Å². The number of phenols is 1. The summed E-state index contributed by atoms with van der Waals surface area (Å²) < 4.78 is 5.14. The summed E-state index contributed by atoms with van der Waals surface area (Å²) in [6.45, 7) is 2.60. The number of nitrogens with one attached hydrogen (secondary N) is 1. The molecule has 0 saturated heterocycles. The van der Waals surface area contributed by atoms with Gasteiger partial charge in [0, 0.05) is 6.54 Å². The van der Waals surface area contributed by atoms with Gasteiger partial charge in [0.1, 0.15) is 0 Å². The van der Waals surface area contributed by atoms with Crippen LogP contribution in [-0.4, -0.2) is 28.8 Å². The van der Waals surface area contributed by atoms with Gasteiger partial charge >= 0.3 is 0 Å². The molecule has 1 aromatic carbocycles. The topological polar surface area (TPSA) is 78.8 Å². The maximum atomic E-state index is 13.2. The monoisotopic (exact) mass is 359 g/mol. The average molecular weight is 359 g/mol. The van der Waals surface area contributed by atoms with Gasteiger partial charge in [0.15, 0.2) is 11.5 Å². The third kappa shape index (κ3) is 2.77. The fourth-order valence-electron chi connectivity index (χ4n) is 6.43. The first-order valence-electron chi connectivity index (χ1n) is 9.68. The summed E-state index contributed by atoms with van der Waals surface area (Å²) in [6, 6.07) is 5.12. The lowest BCUT2D eigenvalue weighted by Gasteiger charge is -2.64. The van der Waals surface area contributed by atoms with E-state index >= 15 is 0 Å². The molecule has 0 heterocycles. The summed E-state index contributed by atoms with van der Waals surface area (Å²) in [5.41, 5.74) is -0.0610. The van der Waals surface area contributed by atoms with Crippen LogP contribution in [-0.2, 0) is 11.3 Å². The Morgan fingerprint density at radius 3 is 2.77 bits per heavy atom. The molecular formula is C21H29NO4. The Morgan fingerprint density at radius 1 is 1.27 bits per heavy atom. The molecule has 0 aromatic heterocycles. The number of aliphatic hydroxyl groups is 1. The number of rotatable bonds is 5. The highest BCUT2D eigenvalue weighted by Crippen LogP contribution is 2.67. The summed E-state index contributed by atoms with van der Waals surface area (Å²) in [5, 5.41) is 23.9. The standard InChI is InChI=1S/C21H29NO4/c1-3-19-7-15-8-20(11-19,13-21(25,9-15)12-19)18(24)22-10-14-4-5-16(23)17(6-14)26-2/h4-6,15,23,25H,3,7-13H2,1-2H3,(H,22,24)/t15-,19+,20+,21-/m1/s1. The van der Waals surface area contributed by atoms with Crippen LogP contribution >= 0.6 is 0 Å². The molecule has 5 heteroatoms. The Labute approximate surface area is 154 Å².